The molecule has 0 atom stereocenters. The van der Waals surface area contributed by atoms with Crippen LogP contribution in [0.4, 0.5) is 0 Å². The van der Waals surface area contributed by atoms with Crippen molar-refractivity contribution in [3.05, 3.63) is 28.0 Å². The maximum absolute atomic E-state index is 6.11. The van der Waals surface area contributed by atoms with Crippen LogP contribution >= 0.6 is 23.2 Å². The maximum Gasteiger partial charge on any atom is 0.131 e. The summed E-state index contributed by atoms with van der Waals surface area (Å²) in [5.41, 5.74) is 2.06. The summed E-state index contributed by atoms with van der Waals surface area (Å²) in [6, 6.07) is 0. The van der Waals surface area contributed by atoms with E-state index in [9.17, 15) is 0 Å². The number of rotatable bonds is 5. The lowest BCUT2D eigenvalue weighted by Gasteiger charge is -2.03. The maximum atomic E-state index is 6.11. The Morgan fingerprint density at radius 2 is 2.27 bits per heavy atom. The zero-order chi connectivity index (χ0) is 11.4. The van der Waals surface area contributed by atoms with Gasteiger partial charge in [0.25, 0.3) is 0 Å². The van der Waals surface area contributed by atoms with E-state index in [4.69, 9.17) is 23.2 Å². The molecule has 0 saturated carbocycles. The minimum atomic E-state index is 0.579. The highest BCUT2D eigenvalue weighted by atomic mass is 35.5. The summed E-state index contributed by atoms with van der Waals surface area (Å²) in [6.07, 6.45) is 0.874. The summed E-state index contributed by atoms with van der Waals surface area (Å²) in [5, 5.41) is 8.75. The van der Waals surface area contributed by atoms with E-state index < -0.39 is 0 Å². The van der Waals surface area contributed by atoms with E-state index in [2.05, 4.69) is 23.9 Å². The molecule has 0 radical (unpaired) electrons. The lowest BCUT2D eigenvalue weighted by Crippen LogP contribution is -2.15. The summed E-state index contributed by atoms with van der Waals surface area (Å²) in [6.45, 7) is 6.91. The molecule has 0 amide bonds. The van der Waals surface area contributed by atoms with Gasteiger partial charge in [-0.05, 0) is 6.42 Å². The Hall–Kier alpha value is -0.510. The molecule has 0 aromatic carbocycles. The van der Waals surface area contributed by atoms with E-state index in [1.54, 1.807) is 4.68 Å². The quantitative estimate of drug-likeness (QED) is 0.867. The van der Waals surface area contributed by atoms with Crippen LogP contribution in [0.15, 0.2) is 11.6 Å². The molecule has 0 bridgehead atoms. The lowest BCUT2D eigenvalue weighted by molar-refractivity contribution is 0.746. The van der Waals surface area contributed by atoms with Crippen LogP contribution in [0.2, 0.25) is 5.15 Å². The molecule has 1 heterocycles. The van der Waals surface area contributed by atoms with E-state index in [0.29, 0.717) is 23.3 Å². The summed E-state index contributed by atoms with van der Waals surface area (Å²) in [4.78, 5) is 0. The molecule has 1 rings (SSSR count). The molecule has 0 unspecified atom stereocenters. The molecular weight excluding hydrogens is 233 g/mol. The van der Waals surface area contributed by atoms with Gasteiger partial charge in [0.05, 0.1) is 5.69 Å². The second kappa shape index (κ2) is 5.54. The Kier molecular flexibility index (Phi) is 4.64. The number of hydrogen-bond donors (Lipinski definition) is 1. The molecule has 0 spiro atoms. The number of hydrogen-bond acceptors (Lipinski definition) is 2. The van der Waals surface area contributed by atoms with Crippen LogP contribution in [-0.4, -0.2) is 16.3 Å². The monoisotopic (exact) mass is 247 g/mol. The van der Waals surface area contributed by atoms with E-state index in [1.807, 2.05) is 7.05 Å². The molecule has 0 fully saturated rings. The molecule has 1 aromatic heterocycles. The fraction of sp³-hybridized carbons (Fsp3) is 0.500. The Balaban J connectivity index is 2.70. The van der Waals surface area contributed by atoms with E-state index in [1.165, 1.54) is 0 Å². The largest absolute Gasteiger partial charge is 0.308 e. The first-order valence-corrected chi connectivity index (χ1v) is 5.56. The van der Waals surface area contributed by atoms with Crippen molar-refractivity contribution in [3.8, 4) is 0 Å². The van der Waals surface area contributed by atoms with Crippen LogP contribution < -0.4 is 5.32 Å². The van der Waals surface area contributed by atoms with Gasteiger partial charge in [-0.15, -0.1) is 0 Å². The van der Waals surface area contributed by atoms with Crippen LogP contribution in [0.25, 0.3) is 0 Å². The Labute approximate surface area is 100 Å². The predicted octanol–water partition coefficient (Wildman–Crippen LogP) is 2.48. The van der Waals surface area contributed by atoms with Gasteiger partial charge in [0.1, 0.15) is 5.15 Å². The summed E-state index contributed by atoms with van der Waals surface area (Å²) >= 11 is 11.8. The molecule has 0 aliphatic carbocycles. The van der Waals surface area contributed by atoms with Crippen molar-refractivity contribution in [1.82, 2.24) is 15.1 Å². The smallest absolute Gasteiger partial charge is 0.131 e. The van der Waals surface area contributed by atoms with Gasteiger partial charge < -0.3 is 5.32 Å². The number of aromatic nitrogens is 2. The minimum Gasteiger partial charge on any atom is -0.308 e. The first-order valence-electron chi connectivity index (χ1n) is 4.80. The second-order valence-corrected chi connectivity index (χ2v) is 4.21. The van der Waals surface area contributed by atoms with Gasteiger partial charge in [0, 0.05) is 30.7 Å². The Bertz CT molecular complexity index is 358. The Morgan fingerprint density at radius 3 is 2.80 bits per heavy atom. The highest BCUT2D eigenvalue weighted by Crippen LogP contribution is 2.19. The molecule has 5 heteroatoms. The van der Waals surface area contributed by atoms with Crippen LogP contribution in [-0.2, 0) is 20.0 Å². The fourth-order valence-corrected chi connectivity index (χ4v) is 1.69. The van der Waals surface area contributed by atoms with Gasteiger partial charge >= 0.3 is 0 Å². The molecule has 84 valence electrons. The highest BCUT2D eigenvalue weighted by molar-refractivity contribution is 6.30. The molecular formula is C10H15Cl2N3. The molecule has 1 aromatic rings. The summed E-state index contributed by atoms with van der Waals surface area (Å²) in [5.74, 6) is 0. The van der Waals surface area contributed by atoms with Crippen LogP contribution in [0, 0.1) is 0 Å². The highest BCUT2D eigenvalue weighted by Gasteiger charge is 2.12. The van der Waals surface area contributed by atoms with Gasteiger partial charge in [-0.1, -0.05) is 36.7 Å². The average molecular weight is 248 g/mol. The van der Waals surface area contributed by atoms with Crippen molar-refractivity contribution in [2.75, 3.05) is 6.54 Å². The zero-order valence-electron chi connectivity index (χ0n) is 8.98. The minimum absolute atomic E-state index is 0.579. The van der Waals surface area contributed by atoms with Gasteiger partial charge in [0.15, 0.2) is 0 Å². The molecule has 3 nitrogen and oxygen atoms in total. The SMILES string of the molecule is C=C(Cl)CNCc1c(CC)nn(C)c1Cl. The zero-order valence-corrected chi connectivity index (χ0v) is 10.5. The van der Waals surface area contributed by atoms with Crippen molar-refractivity contribution in [1.29, 1.82) is 0 Å². The summed E-state index contributed by atoms with van der Waals surface area (Å²) in [7, 11) is 1.84. The Morgan fingerprint density at radius 1 is 1.60 bits per heavy atom. The van der Waals surface area contributed by atoms with E-state index in [-0.39, 0.29) is 0 Å². The number of aryl methyl sites for hydroxylation is 2. The van der Waals surface area contributed by atoms with E-state index >= 15 is 0 Å². The van der Waals surface area contributed by atoms with Crippen LogP contribution in [0.3, 0.4) is 0 Å². The van der Waals surface area contributed by atoms with Crippen molar-refractivity contribution >= 4 is 23.2 Å². The number of halogens is 2. The third-order valence-electron chi connectivity index (χ3n) is 2.11. The molecule has 0 aliphatic heterocycles. The lowest BCUT2D eigenvalue weighted by atomic mass is 10.2. The third-order valence-corrected chi connectivity index (χ3v) is 2.71. The molecule has 15 heavy (non-hydrogen) atoms. The number of nitrogens with one attached hydrogen (secondary N) is 1. The van der Waals surface area contributed by atoms with Gasteiger partial charge in [-0.2, -0.15) is 5.10 Å². The molecule has 0 saturated heterocycles. The van der Waals surface area contributed by atoms with E-state index in [0.717, 1.165) is 17.7 Å². The summed E-state index contributed by atoms with van der Waals surface area (Å²) < 4.78 is 1.69. The van der Waals surface area contributed by atoms with Gasteiger partial charge in [-0.3, -0.25) is 4.68 Å². The first kappa shape index (κ1) is 12.6. The molecule has 1 N–H and O–H groups in total. The predicted molar refractivity (Wildman–Crippen MR) is 64.3 cm³/mol. The van der Waals surface area contributed by atoms with Crippen molar-refractivity contribution < 1.29 is 0 Å². The van der Waals surface area contributed by atoms with Gasteiger partial charge in [0.2, 0.25) is 0 Å². The van der Waals surface area contributed by atoms with Crippen molar-refractivity contribution in [3.63, 3.8) is 0 Å². The average Bonchev–Trinajstić information content (AvgIpc) is 2.44. The van der Waals surface area contributed by atoms with Crippen LogP contribution in [0.5, 0.6) is 0 Å². The normalized spacial score (nSPS) is 10.7. The molecule has 0 aliphatic rings. The third kappa shape index (κ3) is 3.23. The second-order valence-electron chi connectivity index (χ2n) is 3.31. The van der Waals surface area contributed by atoms with Crippen LogP contribution in [0.1, 0.15) is 18.2 Å². The fourth-order valence-electron chi connectivity index (χ4n) is 1.38. The standard InChI is InChI=1S/C10H15Cl2N3/c1-4-9-8(6-13-5-7(2)11)10(12)15(3)14-9/h13H,2,4-6H2,1,3H3. The van der Waals surface area contributed by atoms with Crippen molar-refractivity contribution in [2.24, 2.45) is 7.05 Å². The topological polar surface area (TPSA) is 29.9 Å². The van der Waals surface area contributed by atoms with Gasteiger partial charge in [-0.25, -0.2) is 0 Å². The first-order chi connectivity index (χ1) is 7.06. The van der Waals surface area contributed by atoms with Crippen molar-refractivity contribution in [2.45, 2.75) is 19.9 Å². The number of nitrogens with zero attached hydrogens (tertiary/aromatic N) is 2.